The van der Waals surface area contributed by atoms with Crippen molar-refractivity contribution < 1.29 is 9.53 Å². The molecular formula is C16H18N2O2. The number of nitrogens with zero attached hydrogens (tertiary/aromatic N) is 2. The lowest BCUT2D eigenvalue weighted by Crippen LogP contribution is -2.31. The molecule has 0 N–H and O–H groups in total. The number of hydrogen-bond donors (Lipinski definition) is 0. The molecule has 0 saturated carbocycles. The average Bonchev–Trinajstić information content (AvgIpc) is 2.53. The lowest BCUT2D eigenvalue weighted by molar-refractivity contribution is -0.119. The number of aromatic nitrogens is 1. The van der Waals surface area contributed by atoms with Crippen molar-refractivity contribution in [3.8, 4) is 5.75 Å². The van der Waals surface area contributed by atoms with Gasteiger partial charge in [0.25, 0.3) is 0 Å². The number of anilines is 1. The summed E-state index contributed by atoms with van der Waals surface area (Å²) in [5.74, 6) is 1.21. The van der Waals surface area contributed by atoms with E-state index in [2.05, 4.69) is 4.98 Å². The van der Waals surface area contributed by atoms with E-state index in [1.54, 1.807) is 25.3 Å². The number of likely N-dealkylation sites (N-methyl/N-ethyl adjacent to an activating group) is 1. The number of carbonyl (C=O) groups is 1. The molecule has 0 bridgehead atoms. The summed E-state index contributed by atoms with van der Waals surface area (Å²) in [5, 5.41) is 0. The van der Waals surface area contributed by atoms with Gasteiger partial charge in [0, 0.05) is 13.2 Å². The lowest BCUT2D eigenvalue weighted by Gasteiger charge is -2.20. The molecule has 0 radical (unpaired) electrons. The maximum atomic E-state index is 12.5. The first kappa shape index (κ1) is 14.1. The number of benzene rings is 1. The zero-order chi connectivity index (χ0) is 14.5. The fraction of sp³-hybridized carbons (Fsp3) is 0.250. The Balaban J connectivity index is 2.15. The first-order chi connectivity index (χ1) is 9.63. The summed E-state index contributed by atoms with van der Waals surface area (Å²) in [4.78, 5) is 18.2. The molecule has 4 heteroatoms. The van der Waals surface area contributed by atoms with Crippen LogP contribution >= 0.6 is 0 Å². The lowest BCUT2D eigenvalue weighted by atomic mass is 10.00. The Hall–Kier alpha value is -2.36. The summed E-state index contributed by atoms with van der Waals surface area (Å²) in [7, 11) is 3.36. The van der Waals surface area contributed by atoms with Gasteiger partial charge in [-0.15, -0.1) is 0 Å². The maximum absolute atomic E-state index is 12.5. The van der Waals surface area contributed by atoms with Crippen molar-refractivity contribution in [3.05, 3.63) is 54.2 Å². The molecule has 0 spiro atoms. The van der Waals surface area contributed by atoms with Crippen LogP contribution in [0, 0.1) is 0 Å². The molecule has 1 atom stereocenters. The first-order valence-corrected chi connectivity index (χ1v) is 6.46. The second kappa shape index (κ2) is 6.19. The quantitative estimate of drug-likeness (QED) is 0.858. The molecule has 0 fully saturated rings. The van der Waals surface area contributed by atoms with Gasteiger partial charge >= 0.3 is 0 Å². The third-order valence-electron chi connectivity index (χ3n) is 3.31. The van der Waals surface area contributed by atoms with Gasteiger partial charge in [0.1, 0.15) is 11.6 Å². The van der Waals surface area contributed by atoms with E-state index in [1.807, 2.05) is 49.4 Å². The van der Waals surface area contributed by atoms with Crippen LogP contribution in [0.4, 0.5) is 5.82 Å². The Morgan fingerprint density at radius 3 is 2.45 bits per heavy atom. The molecule has 1 aromatic carbocycles. The van der Waals surface area contributed by atoms with Gasteiger partial charge in [0.2, 0.25) is 5.91 Å². The van der Waals surface area contributed by atoms with Gasteiger partial charge in [0.15, 0.2) is 0 Å². The molecule has 0 aliphatic rings. The molecule has 4 nitrogen and oxygen atoms in total. The zero-order valence-corrected chi connectivity index (χ0v) is 11.9. The van der Waals surface area contributed by atoms with Crippen LogP contribution in [0.3, 0.4) is 0 Å². The van der Waals surface area contributed by atoms with Gasteiger partial charge in [-0.3, -0.25) is 9.69 Å². The minimum Gasteiger partial charge on any atom is -0.497 e. The minimum absolute atomic E-state index is 0.00821. The van der Waals surface area contributed by atoms with Crippen molar-refractivity contribution in [2.45, 2.75) is 12.8 Å². The Kier molecular flexibility index (Phi) is 4.35. The number of amides is 1. The average molecular weight is 270 g/mol. The predicted molar refractivity (Wildman–Crippen MR) is 79.1 cm³/mol. The van der Waals surface area contributed by atoms with Crippen LogP contribution < -0.4 is 9.64 Å². The maximum Gasteiger partial charge on any atom is 0.235 e. The molecule has 1 aromatic heterocycles. The van der Waals surface area contributed by atoms with Gasteiger partial charge in [-0.1, -0.05) is 18.2 Å². The summed E-state index contributed by atoms with van der Waals surface area (Å²) >= 11 is 0. The fourth-order valence-electron chi connectivity index (χ4n) is 1.99. The number of methoxy groups -OCH3 is 1. The SMILES string of the molecule is COc1ccc(C(C)C(=O)N(C)c2ccccn2)cc1. The molecule has 104 valence electrons. The van der Waals surface area contributed by atoms with Crippen molar-refractivity contribution in [1.82, 2.24) is 4.98 Å². The molecule has 0 aliphatic carbocycles. The smallest absolute Gasteiger partial charge is 0.235 e. The molecule has 2 aromatic rings. The van der Waals surface area contributed by atoms with Crippen molar-refractivity contribution in [1.29, 1.82) is 0 Å². The van der Waals surface area contributed by atoms with E-state index in [0.29, 0.717) is 5.82 Å². The van der Waals surface area contributed by atoms with Crippen LogP contribution in [0.15, 0.2) is 48.7 Å². The molecule has 1 unspecified atom stereocenters. The molecule has 20 heavy (non-hydrogen) atoms. The number of rotatable bonds is 4. The summed E-state index contributed by atoms with van der Waals surface area (Å²) in [6.45, 7) is 1.89. The molecule has 1 heterocycles. The van der Waals surface area contributed by atoms with E-state index in [4.69, 9.17) is 4.74 Å². The second-order valence-electron chi connectivity index (χ2n) is 4.58. The van der Waals surface area contributed by atoms with E-state index in [1.165, 1.54) is 0 Å². The Labute approximate surface area is 119 Å². The van der Waals surface area contributed by atoms with E-state index < -0.39 is 0 Å². The van der Waals surface area contributed by atoms with Crippen LogP contribution in [-0.2, 0) is 4.79 Å². The van der Waals surface area contributed by atoms with E-state index in [-0.39, 0.29) is 11.8 Å². The van der Waals surface area contributed by atoms with Crippen molar-refractivity contribution in [3.63, 3.8) is 0 Å². The predicted octanol–water partition coefficient (Wildman–Crippen LogP) is 2.86. The van der Waals surface area contributed by atoms with Crippen LogP contribution in [-0.4, -0.2) is 25.0 Å². The normalized spacial score (nSPS) is 11.8. The van der Waals surface area contributed by atoms with Gasteiger partial charge in [-0.2, -0.15) is 0 Å². The standard InChI is InChI=1S/C16H18N2O2/c1-12(13-7-9-14(20-3)10-8-13)16(19)18(2)15-6-4-5-11-17-15/h4-12H,1-3H3. The summed E-state index contributed by atoms with van der Waals surface area (Å²) in [6.07, 6.45) is 1.68. The molecule has 0 saturated heterocycles. The van der Waals surface area contributed by atoms with E-state index >= 15 is 0 Å². The largest absolute Gasteiger partial charge is 0.497 e. The first-order valence-electron chi connectivity index (χ1n) is 6.46. The number of carbonyl (C=O) groups excluding carboxylic acids is 1. The Morgan fingerprint density at radius 2 is 1.90 bits per heavy atom. The third kappa shape index (κ3) is 2.96. The van der Waals surface area contributed by atoms with Gasteiger partial charge < -0.3 is 4.74 Å². The van der Waals surface area contributed by atoms with Crippen LogP contribution in [0.2, 0.25) is 0 Å². The zero-order valence-electron chi connectivity index (χ0n) is 11.9. The molecule has 2 rings (SSSR count). The van der Waals surface area contributed by atoms with Gasteiger partial charge in [0.05, 0.1) is 13.0 Å². The Morgan fingerprint density at radius 1 is 1.20 bits per heavy atom. The summed E-state index contributed by atoms with van der Waals surface area (Å²) in [6, 6.07) is 13.1. The monoisotopic (exact) mass is 270 g/mol. The van der Waals surface area contributed by atoms with Crippen LogP contribution in [0.25, 0.3) is 0 Å². The second-order valence-corrected chi connectivity index (χ2v) is 4.58. The summed E-state index contributed by atoms with van der Waals surface area (Å²) in [5.41, 5.74) is 0.957. The molecular weight excluding hydrogens is 252 g/mol. The Bertz CT molecular complexity index is 567. The van der Waals surface area contributed by atoms with Crippen molar-refractivity contribution >= 4 is 11.7 Å². The van der Waals surface area contributed by atoms with Gasteiger partial charge in [-0.05, 0) is 36.8 Å². The third-order valence-corrected chi connectivity index (χ3v) is 3.31. The number of ether oxygens (including phenoxy) is 1. The van der Waals surface area contributed by atoms with Crippen molar-refractivity contribution in [2.24, 2.45) is 0 Å². The van der Waals surface area contributed by atoms with Crippen LogP contribution in [0.1, 0.15) is 18.4 Å². The topological polar surface area (TPSA) is 42.4 Å². The molecule has 0 aliphatic heterocycles. The fourth-order valence-corrected chi connectivity index (χ4v) is 1.99. The van der Waals surface area contributed by atoms with E-state index in [9.17, 15) is 4.79 Å². The summed E-state index contributed by atoms with van der Waals surface area (Å²) < 4.78 is 5.12. The highest BCUT2D eigenvalue weighted by molar-refractivity contribution is 5.96. The van der Waals surface area contributed by atoms with E-state index in [0.717, 1.165) is 11.3 Å². The number of pyridine rings is 1. The van der Waals surface area contributed by atoms with Crippen LogP contribution in [0.5, 0.6) is 5.75 Å². The highest BCUT2D eigenvalue weighted by atomic mass is 16.5. The highest BCUT2D eigenvalue weighted by Gasteiger charge is 2.20. The highest BCUT2D eigenvalue weighted by Crippen LogP contribution is 2.22. The molecule has 1 amide bonds. The van der Waals surface area contributed by atoms with Gasteiger partial charge in [-0.25, -0.2) is 4.98 Å². The minimum atomic E-state index is -0.229. The number of hydrogen-bond acceptors (Lipinski definition) is 3. The van der Waals surface area contributed by atoms with Crippen molar-refractivity contribution in [2.75, 3.05) is 19.1 Å².